The summed E-state index contributed by atoms with van der Waals surface area (Å²) >= 11 is 6.10. The molecule has 1 amide bonds. The van der Waals surface area contributed by atoms with E-state index in [1.54, 1.807) is 32.9 Å². The number of Topliss-reactive ketones (excluding diaryl/α,β-unsaturated/α-hetero) is 1. The van der Waals surface area contributed by atoms with E-state index >= 15 is 0 Å². The van der Waals surface area contributed by atoms with Crippen LogP contribution in [0.2, 0.25) is 5.02 Å². The second-order valence-corrected chi connectivity index (χ2v) is 7.76. The van der Waals surface area contributed by atoms with E-state index in [-0.39, 0.29) is 16.5 Å². The fraction of sp³-hybridized carbons (Fsp3) is 0.286. The second kappa shape index (κ2) is 8.96. The Morgan fingerprint density at radius 2 is 1.69 bits per heavy atom. The maximum absolute atomic E-state index is 12.9. The van der Waals surface area contributed by atoms with Crippen molar-refractivity contribution in [3.05, 3.63) is 53.1 Å². The van der Waals surface area contributed by atoms with Crippen LogP contribution in [0.4, 0.5) is 11.4 Å². The van der Waals surface area contributed by atoms with Gasteiger partial charge in [-0.3, -0.25) is 9.59 Å². The zero-order valence-corrected chi connectivity index (χ0v) is 17.4. The smallest absolute Gasteiger partial charge is 0.337 e. The Kier molecular flexibility index (Phi) is 6.87. The van der Waals surface area contributed by atoms with Crippen LogP contribution >= 0.6 is 11.6 Å². The highest BCUT2D eigenvalue weighted by Gasteiger charge is 2.37. The van der Waals surface area contributed by atoms with Crippen LogP contribution in [0, 0.1) is 5.41 Å². The number of amides is 1. The number of ether oxygens (including phenoxy) is 2. The fourth-order valence-electron chi connectivity index (χ4n) is 2.38. The molecule has 154 valence electrons. The summed E-state index contributed by atoms with van der Waals surface area (Å²) < 4.78 is 10.3. The average Bonchev–Trinajstić information content (AvgIpc) is 2.67. The Labute approximate surface area is 174 Å². The van der Waals surface area contributed by atoms with Crippen molar-refractivity contribution in [2.45, 2.75) is 26.9 Å². The predicted molar refractivity (Wildman–Crippen MR) is 111 cm³/mol. The molecule has 0 fully saturated rings. The van der Waals surface area contributed by atoms with Crippen molar-refractivity contribution in [3.63, 3.8) is 0 Å². The van der Waals surface area contributed by atoms with E-state index in [0.717, 1.165) is 0 Å². The summed E-state index contributed by atoms with van der Waals surface area (Å²) in [4.78, 5) is 37.3. The van der Waals surface area contributed by atoms with Gasteiger partial charge >= 0.3 is 5.97 Å². The van der Waals surface area contributed by atoms with Gasteiger partial charge in [0.05, 0.1) is 23.4 Å². The standard InChI is InChI=1S/C21H23ClN2O5/c1-21(2,3)18(25)17(19(26)24-16-11-13(23)7-10-15(16)22)29-14-8-5-12(6-9-14)20(27)28-4/h5-11,17H,23H2,1-4H3,(H,24,26). The molecule has 0 saturated heterocycles. The lowest BCUT2D eigenvalue weighted by Gasteiger charge is -2.25. The first-order valence-electron chi connectivity index (χ1n) is 8.78. The molecule has 0 aliphatic rings. The third-order valence-corrected chi connectivity index (χ3v) is 4.32. The number of hydrogen-bond donors (Lipinski definition) is 2. The predicted octanol–water partition coefficient (Wildman–Crippen LogP) is 3.71. The average molecular weight is 419 g/mol. The molecule has 0 spiro atoms. The molecule has 1 unspecified atom stereocenters. The molecule has 29 heavy (non-hydrogen) atoms. The summed E-state index contributed by atoms with van der Waals surface area (Å²) in [6.07, 6.45) is -1.43. The fourth-order valence-corrected chi connectivity index (χ4v) is 2.54. The minimum absolute atomic E-state index is 0.245. The number of nitrogens with one attached hydrogen (secondary N) is 1. The van der Waals surface area contributed by atoms with Crippen molar-refractivity contribution in [1.82, 2.24) is 0 Å². The van der Waals surface area contributed by atoms with E-state index in [0.29, 0.717) is 11.3 Å². The lowest BCUT2D eigenvalue weighted by molar-refractivity contribution is -0.140. The Hall–Kier alpha value is -3.06. The highest BCUT2D eigenvalue weighted by molar-refractivity contribution is 6.34. The topological polar surface area (TPSA) is 108 Å². The van der Waals surface area contributed by atoms with Gasteiger partial charge in [-0.05, 0) is 42.5 Å². The van der Waals surface area contributed by atoms with Crippen LogP contribution in [0.15, 0.2) is 42.5 Å². The molecule has 2 aromatic rings. The van der Waals surface area contributed by atoms with E-state index in [1.165, 1.54) is 37.4 Å². The molecule has 8 heteroatoms. The molecule has 1 atom stereocenters. The van der Waals surface area contributed by atoms with Crippen molar-refractivity contribution < 1.29 is 23.9 Å². The Morgan fingerprint density at radius 1 is 1.07 bits per heavy atom. The first-order valence-corrected chi connectivity index (χ1v) is 9.16. The van der Waals surface area contributed by atoms with Gasteiger partial charge in [0.2, 0.25) is 6.10 Å². The highest BCUT2D eigenvalue weighted by Crippen LogP contribution is 2.26. The number of halogens is 1. The van der Waals surface area contributed by atoms with Crippen LogP contribution in [0.1, 0.15) is 31.1 Å². The van der Waals surface area contributed by atoms with Crippen LogP contribution in [0.25, 0.3) is 0 Å². The minimum atomic E-state index is -1.43. The van der Waals surface area contributed by atoms with Crippen LogP contribution in [0.5, 0.6) is 5.75 Å². The highest BCUT2D eigenvalue weighted by atomic mass is 35.5. The molecule has 0 aromatic heterocycles. The second-order valence-electron chi connectivity index (χ2n) is 7.36. The third-order valence-electron chi connectivity index (χ3n) is 3.99. The van der Waals surface area contributed by atoms with E-state index in [9.17, 15) is 14.4 Å². The Morgan fingerprint density at radius 3 is 2.24 bits per heavy atom. The number of hydrogen-bond acceptors (Lipinski definition) is 6. The number of anilines is 2. The van der Waals surface area contributed by atoms with E-state index in [2.05, 4.69) is 10.1 Å². The van der Waals surface area contributed by atoms with Crippen molar-refractivity contribution in [1.29, 1.82) is 0 Å². The number of benzene rings is 2. The molecule has 0 aliphatic carbocycles. The molecule has 2 rings (SSSR count). The van der Waals surface area contributed by atoms with Crippen LogP contribution < -0.4 is 15.8 Å². The first-order chi connectivity index (χ1) is 13.5. The molecule has 0 bridgehead atoms. The summed E-state index contributed by atoms with van der Waals surface area (Å²) in [7, 11) is 1.27. The monoisotopic (exact) mass is 418 g/mol. The van der Waals surface area contributed by atoms with Gasteiger partial charge in [-0.1, -0.05) is 32.4 Å². The van der Waals surface area contributed by atoms with Crippen molar-refractivity contribution in [2.75, 3.05) is 18.2 Å². The van der Waals surface area contributed by atoms with Crippen molar-refractivity contribution >= 4 is 40.6 Å². The van der Waals surface area contributed by atoms with E-state index < -0.39 is 29.2 Å². The molecular weight excluding hydrogens is 396 g/mol. The van der Waals surface area contributed by atoms with Gasteiger partial charge < -0.3 is 20.5 Å². The molecule has 3 N–H and O–H groups in total. The SMILES string of the molecule is COC(=O)c1ccc(OC(C(=O)Nc2cc(N)ccc2Cl)C(=O)C(C)(C)C)cc1. The molecule has 0 radical (unpaired) electrons. The molecular formula is C21H23ClN2O5. The number of nitrogen functional groups attached to an aromatic ring is 1. The number of esters is 1. The quantitative estimate of drug-likeness (QED) is 0.420. The van der Waals surface area contributed by atoms with E-state index in [4.69, 9.17) is 22.1 Å². The van der Waals surface area contributed by atoms with Crippen molar-refractivity contribution in [2.24, 2.45) is 5.41 Å². The Bertz CT molecular complexity index is 920. The zero-order chi connectivity index (χ0) is 21.8. The lowest BCUT2D eigenvalue weighted by Crippen LogP contribution is -2.45. The maximum Gasteiger partial charge on any atom is 0.337 e. The number of rotatable bonds is 6. The summed E-state index contributed by atoms with van der Waals surface area (Å²) in [6.45, 7) is 5.06. The number of methoxy groups -OCH3 is 1. The number of nitrogens with two attached hydrogens (primary N) is 1. The lowest BCUT2D eigenvalue weighted by atomic mass is 9.87. The van der Waals surface area contributed by atoms with Crippen molar-refractivity contribution in [3.8, 4) is 5.75 Å². The normalized spacial score (nSPS) is 12.0. The zero-order valence-electron chi connectivity index (χ0n) is 16.6. The molecule has 2 aromatic carbocycles. The van der Waals surface area contributed by atoms with Crippen LogP contribution in [-0.4, -0.2) is 30.9 Å². The van der Waals surface area contributed by atoms with Gasteiger partial charge in [0.1, 0.15) is 5.75 Å². The van der Waals surface area contributed by atoms with Gasteiger partial charge in [-0.2, -0.15) is 0 Å². The Balaban J connectivity index is 2.29. The van der Waals surface area contributed by atoms with Gasteiger partial charge in [-0.25, -0.2) is 4.79 Å². The van der Waals surface area contributed by atoms with Crippen LogP contribution in [-0.2, 0) is 14.3 Å². The third kappa shape index (κ3) is 5.71. The number of carbonyl (C=O) groups is 3. The van der Waals surface area contributed by atoms with Gasteiger partial charge in [0.15, 0.2) is 5.78 Å². The number of carbonyl (C=O) groups excluding carboxylic acids is 3. The minimum Gasteiger partial charge on any atom is -0.473 e. The molecule has 0 heterocycles. The molecule has 0 aliphatic heterocycles. The van der Waals surface area contributed by atoms with Gasteiger partial charge in [-0.15, -0.1) is 0 Å². The largest absolute Gasteiger partial charge is 0.473 e. The summed E-state index contributed by atoms with van der Waals surface area (Å²) in [6, 6.07) is 10.5. The maximum atomic E-state index is 12.9. The first kappa shape index (κ1) is 22.2. The number of ketones is 1. The summed E-state index contributed by atoms with van der Waals surface area (Å²) in [5.74, 6) is -1.37. The summed E-state index contributed by atoms with van der Waals surface area (Å²) in [5.41, 5.74) is 5.89. The van der Waals surface area contributed by atoms with Gasteiger partial charge in [0.25, 0.3) is 5.91 Å². The summed E-state index contributed by atoms with van der Waals surface area (Å²) in [5, 5.41) is 2.87. The van der Waals surface area contributed by atoms with E-state index in [1.807, 2.05) is 0 Å². The van der Waals surface area contributed by atoms with Gasteiger partial charge in [0, 0.05) is 11.1 Å². The molecule has 7 nitrogen and oxygen atoms in total. The molecule has 0 saturated carbocycles. The van der Waals surface area contributed by atoms with Crippen LogP contribution in [0.3, 0.4) is 0 Å².